The van der Waals surface area contributed by atoms with Crippen LogP contribution in [0.2, 0.25) is 0 Å². The molecule has 0 saturated heterocycles. The van der Waals surface area contributed by atoms with Crippen molar-refractivity contribution in [3.8, 4) is 0 Å². The van der Waals surface area contributed by atoms with E-state index in [4.69, 9.17) is 4.74 Å². The minimum Gasteiger partial charge on any atom is -0.501 e. The van der Waals surface area contributed by atoms with Crippen LogP contribution in [-0.2, 0) is 4.74 Å². The molecule has 136 valence electrons. The predicted octanol–water partition coefficient (Wildman–Crippen LogP) is 7.49. The summed E-state index contributed by atoms with van der Waals surface area (Å²) in [4.78, 5) is 0. The maximum Gasteiger partial charge on any atom is 0.0873 e. The van der Waals surface area contributed by atoms with Gasteiger partial charge >= 0.3 is 0 Å². The van der Waals surface area contributed by atoms with E-state index < -0.39 is 0 Å². The Kier molecular flexibility index (Phi) is 9.31. The lowest BCUT2D eigenvalue weighted by atomic mass is 9.77. The molecule has 0 N–H and O–H groups in total. The van der Waals surface area contributed by atoms with Crippen LogP contribution < -0.4 is 0 Å². The molecule has 0 bridgehead atoms. The van der Waals surface area contributed by atoms with Crippen molar-refractivity contribution in [1.82, 2.24) is 0 Å². The van der Waals surface area contributed by atoms with E-state index >= 15 is 0 Å². The number of allylic oxidation sites excluding steroid dienone is 5. The van der Waals surface area contributed by atoms with Gasteiger partial charge in [0.15, 0.2) is 0 Å². The Morgan fingerprint density at radius 2 is 1.71 bits per heavy atom. The van der Waals surface area contributed by atoms with Crippen molar-refractivity contribution in [3.63, 3.8) is 0 Å². The van der Waals surface area contributed by atoms with E-state index in [1.807, 2.05) is 0 Å². The van der Waals surface area contributed by atoms with Gasteiger partial charge in [0.05, 0.1) is 12.9 Å². The van der Waals surface area contributed by atoms with Crippen LogP contribution in [0.25, 0.3) is 0 Å². The third kappa shape index (κ3) is 6.49. The fourth-order valence-corrected chi connectivity index (χ4v) is 4.01. The molecule has 0 atom stereocenters. The first-order chi connectivity index (χ1) is 11.8. The summed E-state index contributed by atoms with van der Waals surface area (Å²) in [5.41, 5.74) is 4.67. The fraction of sp³-hybridized carbons (Fsp3) is 0.739. The van der Waals surface area contributed by atoms with Gasteiger partial charge in [-0.2, -0.15) is 0 Å². The smallest absolute Gasteiger partial charge is 0.0873 e. The molecule has 0 radical (unpaired) electrons. The summed E-state index contributed by atoms with van der Waals surface area (Å²) in [6, 6.07) is 0. The van der Waals surface area contributed by atoms with Crippen LogP contribution in [0.1, 0.15) is 97.3 Å². The molecule has 1 heteroatoms. The van der Waals surface area contributed by atoms with Gasteiger partial charge in [0.1, 0.15) is 0 Å². The van der Waals surface area contributed by atoms with Gasteiger partial charge in [0, 0.05) is 0 Å². The molecule has 0 aliphatic heterocycles. The second kappa shape index (κ2) is 11.6. The summed E-state index contributed by atoms with van der Waals surface area (Å²) in [6.45, 7) is 5.41. The lowest BCUT2D eigenvalue weighted by Gasteiger charge is -2.28. The number of hydrogen-bond acceptors (Lipinski definition) is 1. The Hall–Kier alpha value is -0.980. The third-order valence-corrected chi connectivity index (χ3v) is 5.52. The van der Waals surface area contributed by atoms with Crippen LogP contribution in [0.3, 0.4) is 0 Å². The summed E-state index contributed by atoms with van der Waals surface area (Å²) in [5, 5.41) is 0. The maximum atomic E-state index is 5.94. The van der Waals surface area contributed by atoms with Gasteiger partial charge in [0.25, 0.3) is 0 Å². The van der Waals surface area contributed by atoms with Gasteiger partial charge in [-0.25, -0.2) is 0 Å². The number of rotatable bonds is 10. The van der Waals surface area contributed by atoms with Crippen molar-refractivity contribution < 1.29 is 4.74 Å². The maximum absolute atomic E-state index is 5.94. The van der Waals surface area contributed by atoms with E-state index in [0.29, 0.717) is 0 Å². The molecule has 24 heavy (non-hydrogen) atoms. The molecule has 0 unspecified atom stereocenters. The Morgan fingerprint density at radius 3 is 2.46 bits per heavy atom. The number of ether oxygens (including phenoxy) is 1. The largest absolute Gasteiger partial charge is 0.501 e. The van der Waals surface area contributed by atoms with Crippen LogP contribution in [0.5, 0.6) is 0 Å². The lowest BCUT2D eigenvalue weighted by molar-refractivity contribution is 0.238. The molecule has 0 amide bonds. The minimum absolute atomic E-state index is 0.776. The van der Waals surface area contributed by atoms with Crippen molar-refractivity contribution in [2.75, 3.05) is 6.61 Å². The Morgan fingerprint density at radius 1 is 0.958 bits per heavy atom. The zero-order valence-corrected chi connectivity index (χ0v) is 16.1. The van der Waals surface area contributed by atoms with Gasteiger partial charge in [-0.3, -0.25) is 0 Å². The van der Waals surface area contributed by atoms with Crippen LogP contribution in [0.4, 0.5) is 0 Å². The van der Waals surface area contributed by atoms with Crippen molar-refractivity contribution in [3.05, 3.63) is 35.1 Å². The molecule has 0 aromatic carbocycles. The fourth-order valence-electron chi connectivity index (χ4n) is 4.01. The second-order valence-electron chi connectivity index (χ2n) is 7.64. The normalized spacial score (nSPS) is 20.8. The van der Waals surface area contributed by atoms with Crippen LogP contribution in [0.15, 0.2) is 35.1 Å². The van der Waals surface area contributed by atoms with E-state index in [-0.39, 0.29) is 0 Å². The lowest BCUT2D eigenvalue weighted by Crippen LogP contribution is -2.13. The molecule has 0 heterocycles. The van der Waals surface area contributed by atoms with Gasteiger partial charge in [-0.1, -0.05) is 76.5 Å². The topological polar surface area (TPSA) is 9.23 Å². The summed E-state index contributed by atoms with van der Waals surface area (Å²) < 4.78 is 5.94. The quantitative estimate of drug-likeness (QED) is 0.298. The van der Waals surface area contributed by atoms with E-state index in [1.165, 1.54) is 82.6 Å². The molecule has 2 aliphatic carbocycles. The summed E-state index contributed by atoms with van der Waals surface area (Å²) >= 11 is 0. The molecule has 1 nitrogen and oxygen atoms in total. The van der Waals surface area contributed by atoms with Crippen molar-refractivity contribution in [1.29, 1.82) is 0 Å². The van der Waals surface area contributed by atoms with Gasteiger partial charge in [-0.15, -0.1) is 0 Å². The van der Waals surface area contributed by atoms with Gasteiger partial charge in [-0.05, 0) is 55.6 Å². The monoisotopic (exact) mass is 330 g/mol. The van der Waals surface area contributed by atoms with Crippen molar-refractivity contribution >= 4 is 0 Å². The van der Waals surface area contributed by atoms with E-state index in [0.717, 1.165) is 18.9 Å². The first kappa shape index (κ1) is 19.3. The Labute approximate surface area is 150 Å². The minimum atomic E-state index is 0.776. The highest BCUT2D eigenvalue weighted by atomic mass is 16.5. The molecule has 2 aliphatic rings. The molecule has 2 rings (SSSR count). The zero-order chi connectivity index (χ0) is 17.0. The highest BCUT2D eigenvalue weighted by Crippen LogP contribution is 2.38. The molecule has 0 spiro atoms. The Bertz CT molecular complexity index is 435. The summed E-state index contributed by atoms with van der Waals surface area (Å²) in [7, 11) is 0. The summed E-state index contributed by atoms with van der Waals surface area (Å²) in [6.07, 6.45) is 24.0. The van der Waals surface area contributed by atoms with E-state index in [9.17, 15) is 0 Å². The van der Waals surface area contributed by atoms with Crippen molar-refractivity contribution in [2.24, 2.45) is 5.92 Å². The summed E-state index contributed by atoms with van der Waals surface area (Å²) in [5.74, 6) is 0.776. The van der Waals surface area contributed by atoms with Crippen molar-refractivity contribution in [2.45, 2.75) is 97.3 Å². The molecular formula is C23H38O. The SMILES string of the molecule is CCCCCOC=C1CC(CCCCC)=CC=C1C1CCCCC1. The average molecular weight is 331 g/mol. The van der Waals surface area contributed by atoms with Crippen LogP contribution in [-0.4, -0.2) is 6.61 Å². The highest BCUT2D eigenvalue weighted by molar-refractivity contribution is 5.43. The molecular weight excluding hydrogens is 292 g/mol. The average Bonchev–Trinajstić information content (AvgIpc) is 2.63. The highest BCUT2D eigenvalue weighted by Gasteiger charge is 2.23. The predicted molar refractivity (Wildman–Crippen MR) is 105 cm³/mol. The van der Waals surface area contributed by atoms with Gasteiger partial charge in [0.2, 0.25) is 0 Å². The standard InChI is InChI=1S/C23H38O/c1-3-5-8-12-20-15-16-23(21-13-9-7-10-14-21)22(18-20)19-24-17-11-6-4-2/h15-16,19,21H,3-14,17-18H2,1-2H3. The first-order valence-corrected chi connectivity index (χ1v) is 10.6. The second-order valence-corrected chi connectivity index (χ2v) is 7.64. The molecule has 1 saturated carbocycles. The molecule has 0 aromatic rings. The molecule has 1 fully saturated rings. The van der Waals surface area contributed by atoms with Crippen LogP contribution in [0, 0.1) is 5.92 Å². The van der Waals surface area contributed by atoms with Crippen LogP contribution >= 0.6 is 0 Å². The first-order valence-electron chi connectivity index (χ1n) is 10.6. The third-order valence-electron chi connectivity index (χ3n) is 5.52. The molecule has 0 aromatic heterocycles. The number of unbranched alkanes of at least 4 members (excludes halogenated alkanes) is 4. The van der Waals surface area contributed by atoms with Gasteiger partial charge < -0.3 is 4.74 Å². The van der Waals surface area contributed by atoms with E-state index in [1.54, 1.807) is 11.1 Å². The zero-order valence-electron chi connectivity index (χ0n) is 16.1. The number of hydrogen-bond donors (Lipinski definition) is 0. The van der Waals surface area contributed by atoms with E-state index in [2.05, 4.69) is 32.3 Å². The Balaban J connectivity index is 1.98.